The molecule has 1 N–H and O–H groups in total. The van der Waals surface area contributed by atoms with E-state index in [1.165, 1.54) is 26.9 Å². The Morgan fingerprint density at radius 2 is 1.53 bits per heavy atom. The van der Waals surface area contributed by atoms with Gasteiger partial charge in [0.15, 0.2) is 0 Å². The van der Waals surface area contributed by atoms with Gasteiger partial charge in [0, 0.05) is 0 Å². The molecular formula is C26H26Cl2O2SiZr-2. The Balaban J connectivity index is 0.000000161. The Morgan fingerprint density at radius 3 is 2.22 bits per heavy atom. The molecule has 0 atom stereocenters. The summed E-state index contributed by atoms with van der Waals surface area (Å²) in [7, 11) is 11.2. The number of ether oxygens (including phenoxy) is 1. The van der Waals surface area contributed by atoms with Crippen molar-refractivity contribution in [1.82, 2.24) is 0 Å². The molecule has 0 spiro atoms. The first-order chi connectivity index (χ1) is 15.5. The third-order valence-corrected chi connectivity index (χ3v) is 24.6. The van der Waals surface area contributed by atoms with Crippen molar-refractivity contribution in [2.45, 2.75) is 13.1 Å². The fourth-order valence-electron chi connectivity index (χ4n) is 3.30. The van der Waals surface area contributed by atoms with Gasteiger partial charge in [-0.1, -0.05) is 47.9 Å². The maximum Gasteiger partial charge on any atom is 0.101 e. The molecule has 32 heavy (non-hydrogen) atoms. The molecule has 0 radical (unpaired) electrons. The summed E-state index contributed by atoms with van der Waals surface area (Å²) < 4.78 is 5.55. The van der Waals surface area contributed by atoms with Gasteiger partial charge < -0.3 is 9.84 Å². The van der Waals surface area contributed by atoms with Crippen LogP contribution in [0.2, 0.25) is 13.1 Å². The van der Waals surface area contributed by atoms with Crippen molar-refractivity contribution in [3.8, 4) is 5.75 Å². The predicted molar refractivity (Wildman–Crippen MR) is 138 cm³/mol. The molecule has 5 aromatic carbocycles. The van der Waals surface area contributed by atoms with Crippen molar-refractivity contribution in [2.24, 2.45) is 0 Å². The molecule has 5 aromatic rings. The first-order valence-electron chi connectivity index (χ1n) is 10.4. The largest absolute Gasteiger partial charge is 0.525 e. The molecule has 0 bridgehead atoms. The van der Waals surface area contributed by atoms with E-state index >= 15 is 0 Å². The van der Waals surface area contributed by atoms with Gasteiger partial charge in [-0.2, -0.15) is 17.5 Å². The number of halogens is 2. The number of fused-ring (bicyclic) bond motifs is 4. The minimum atomic E-state index is -1.65. The summed E-state index contributed by atoms with van der Waals surface area (Å²) in [5.74, 6) is 0.841. The van der Waals surface area contributed by atoms with Crippen molar-refractivity contribution in [3.05, 3.63) is 91.0 Å². The molecule has 0 saturated heterocycles. The number of hydrogen-bond donors (Lipinski definition) is 1. The smallest absolute Gasteiger partial charge is 0.101 e. The van der Waals surface area contributed by atoms with Crippen LogP contribution in [0.4, 0.5) is 0 Å². The van der Waals surface area contributed by atoms with Gasteiger partial charge in [-0.3, -0.25) is 0 Å². The minimum Gasteiger partial charge on any atom is -0.525 e. The van der Waals surface area contributed by atoms with E-state index < -0.39 is 18.0 Å². The van der Waals surface area contributed by atoms with Crippen molar-refractivity contribution >= 4 is 54.8 Å². The molecule has 2 nitrogen and oxygen atoms in total. The van der Waals surface area contributed by atoms with Gasteiger partial charge in [0.2, 0.25) is 0 Å². The first kappa shape index (κ1) is 25.2. The zero-order valence-corrected chi connectivity index (χ0v) is 23.2. The summed E-state index contributed by atoms with van der Waals surface area (Å²) in [5.41, 5.74) is -0.224. The van der Waals surface area contributed by atoms with Gasteiger partial charge in [0.05, 0.1) is 12.4 Å². The van der Waals surface area contributed by atoms with Crippen LogP contribution in [0, 0.1) is 0 Å². The minimum absolute atomic E-state index is 0.0383. The molecule has 0 aromatic heterocycles. The Bertz CT molecular complexity index is 1280. The van der Waals surface area contributed by atoms with Crippen molar-refractivity contribution in [1.29, 1.82) is 0 Å². The maximum absolute atomic E-state index is 8.81. The van der Waals surface area contributed by atoms with Gasteiger partial charge in [0.1, 0.15) is 6.61 Å². The summed E-state index contributed by atoms with van der Waals surface area (Å²) in [6.07, 6.45) is 0. The molecular weight excluding hydrogens is 535 g/mol. The van der Waals surface area contributed by atoms with Crippen LogP contribution >= 0.6 is 17.0 Å². The van der Waals surface area contributed by atoms with E-state index in [2.05, 4.69) is 79.8 Å². The van der Waals surface area contributed by atoms with E-state index in [1.54, 1.807) is 0 Å². The van der Waals surface area contributed by atoms with Crippen LogP contribution in [-0.4, -0.2) is 23.8 Å². The molecule has 166 valence electrons. The Morgan fingerprint density at radius 1 is 0.875 bits per heavy atom. The van der Waals surface area contributed by atoms with Gasteiger partial charge >= 0.3 is 53.5 Å². The molecule has 0 heterocycles. The monoisotopic (exact) mass is 558 g/mol. The summed E-state index contributed by atoms with van der Waals surface area (Å²) in [6.45, 7) is 4.70. The van der Waals surface area contributed by atoms with E-state index in [-0.39, 0.29) is 12.0 Å². The van der Waals surface area contributed by atoms with Crippen LogP contribution in [-0.2, 0) is 18.0 Å². The number of hydrogen-bond acceptors (Lipinski definition) is 2. The van der Waals surface area contributed by atoms with E-state index in [0.717, 1.165) is 11.1 Å². The zero-order valence-electron chi connectivity index (χ0n) is 18.2. The summed E-state index contributed by atoms with van der Waals surface area (Å²) in [6, 6.07) is 31.1. The number of aliphatic hydroxyl groups is 1. The van der Waals surface area contributed by atoms with Gasteiger partial charge in [-0.15, -0.1) is 57.9 Å². The van der Waals surface area contributed by atoms with Crippen molar-refractivity contribution < 1.29 is 27.8 Å². The molecule has 0 saturated carbocycles. The van der Waals surface area contributed by atoms with E-state index in [0.29, 0.717) is 6.61 Å². The molecule has 0 aliphatic carbocycles. The number of aliphatic hydroxyl groups excluding tert-OH is 1. The molecule has 0 fully saturated rings. The Kier molecular flexibility index (Phi) is 10.0. The Labute approximate surface area is 204 Å². The fraction of sp³-hybridized carbons (Fsp3) is 0.154. The van der Waals surface area contributed by atoms with Crippen LogP contribution in [0.3, 0.4) is 0 Å². The van der Waals surface area contributed by atoms with Crippen LogP contribution in [0.5, 0.6) is 5.75 Å². The van der Waals surface area contributed by atoms with Crippen LogP contribution in [0.25, 0.3) is 32.3 Å². The molecule has 0 amide bonds. The quantitative estimate of drug-likeness (QED) is 0.180. The molecule has 0 aliphatic rings. The standard InChI is InChI=1S/C15H13O2.C9H7.C2H6Si.2ClH.Zr/c16-8-9-17-15-7-3-6-13-12-5-2-1-4-11(12)10-14(13)15;1-2-5-9-7-3-6-8(9)4-1;1-3-2;;;/h1-7,10,16H,8-9H2;1-7H;1-2H3;2*1H;/q2*-1;;;;+2/p-2. The molecule has 0 aliphatic heterocycles. The second kappa shape index (κ2) is 12.7. The zero-order chi connectivity index (χ0) is 22.9. The van der Waals surface area contributed by atoms with Crippen molar-refractivity contribution in [3.63, 3.8) is 0 Å². The average molecular weight is 561 g/mol. The van der Waals surface area contributed by atoms with Gasteiger partial charge in [0.25, 0.3) is 0 Å². The van der Waals surface area contributed by atoms with Crippen LogP contribution in [0.15, 0.2) is 91.0 Å². The van der Waals surface area contributed by atoms with E-state index in [4.69, 9.17) is 26.9 Å². The van der Waals surface area contributed by atoms with Crippen LogP contribution < -0.4 is 4.74 Å². The molecule has 5 rings (SSSR count). The third kappa shape index (κ3) is 6.79. The number of rotatable bonds is 3. The Hall–Kier alpha value is -1.42. The summed E-state index contributed by atoms with van der Waals surface area (Å²) in [4.78, 5) is 0. The summed E-state index contributed by atoms with van der Waals surface area (Å²) >= 11 is -1.65. The number of benzene rings is 3. The normalized spacial score (nSPS) is 10.3. The topological polar surface area (TPSA) is 29.5 Å². The van der Waals surface area contributed by atoms with Crippen molar-refractivity contribution in [2.75, 3.05) is 13.2 Å². The molecule has 0 unspecified atom stereocenters. The van der Waals surface area contributed by atoms with E-state index in [1.807, 2.05) is 24.3 Å². The van der Waals surface area contributed by atoms with Crippen LogP contribution in [0.1, 0.15) is 0 Å². The SMILES string of the molecule is C[Si](C)=[Zr]([Cl])[Cl].OCCOc1cccc2c1[cH-]c1ccccc12.c1ccc2[cH-]ccc2c1. The molecule has 6 heteroatoms. The second-order valence-corrected chi connectivity index (χ2v) is 30.4. The van der Waals surface area contributed by atoms with Gasteiger partial charge in [-0.25, -0.2) is 0 Å². The van der Waals surface area contributed by atoms with Gasteiger partial charge in [-0.05, 0) is 0 Å². The second-order valence-electron chi connectivity index (χ2n) is 7.44. The maximum atomic E-state index is 8.81. The summed E-state index contributed by atoms with van der Waals surface area (Å²) in [5, 5.41) is 16.3. The first-order valence-corrected chi connectivity index (χ1v) is 22.9. The third-order valence-electron chi connectivity index (χ3n) is 4.89. The van der Waals surface area contributed by atoms with E-state index in [9.17, 15) is 0 Å². The predicted octanol–water partition coefficient (Wildman–Crippen LogP) is 7.81. The average Bonchev–Trinajstić information content (AvgIpc) is 3.43. The fourth-order valence-corrected chi connectivity index (χ4v) is 3.30.